The van der Waals surface area contributed by atoms with Gasteiger partial charge in [-0.05, 0) is 93.4 Å². The van der Waals surface area contributed by atoms with Gasteiger partial charge in [0.1, 0.15) is 23.2 Å². The molecular weight excluding hydrogens is 470 g/mol. The fourth-order valence-corrected chi connectivity index (χ4v) is 5.68. The van der Waals surface area contributed by atoms with Crippen molar-refractivity contribution in [2.24, 2.45) is 17.8 Å². The maximum Gasteiger partial charge on any atom is 0.419 e. The number of carbonyl (C=O) groups excluding carboxylic acids is 1. The van der Waals surface area contributed by atoms with Crippen LogP contribution in [0.3, 0.4) is 0 Å². The van der Waals surface area contributed by atoms with Gasteiger partial charge in [0.05, 0.1) is 11.1 Å². The molecule has 0 aliphatic heterocycles. The average Bonchev–Trinajstić information content (AvgIpc) is 2.78. The number of carbonyl (C=O) groups is 1. The Bertz CT molecular complexity index is 1100. The average molecular weight is 496 g/mol. The zero-order valence-electron chi connectivity index (χ0n) is 19.2. The highest BCUT2D eigenvalue weighted by atomic mass is 19.4. The normalized spacial score (nSPS) is 24.9. The van der Waals surface area contributed by atoms with Crippen molar-refractivity contribution in [3.8, 4) is 5.75 Å². The first kappa shape index (κ1) is 25.3. The van der Waals surface area contributed by atoms with Crippen LogP contribution in [0.1, 0.15) is 72.9 Å². The summed E-state index contributed by atoms with van der Waals surface area (Å²) in [6, 6.07) is 3.36. The highest BCUT2D eigenvalue weighted by molar-refractivity contribution is 5.91. The molecule has 0 heterocycles. The van der Waals surface area contributed by atoms with E-state index >= 15 is 0 Å². The molecule has 4 rings (SSSR count). The minimum atomic E-state index is -4.90. The Morgan fingerprint density at radius 3 is 2.20 bits per heavy atom. The summed E-state index contributed by atoms with van der Waals surface area (Å²) >= 11 is 0. The Morgan fingerprint density at radius 1 is 0.914 bits per heavy atom. The second kappa shape index (κ2) is 10.1. The first-order valence-electron chi connectivity index (χ1n) is 11.8. The van der Waals surface area contributed by atoms with Gasteiger partial charge in [0.15, 0.2) is 0 Å². The molecule has 0 bridgehead atoms. The number of hydrogen-bond donors (Lipinski definition) is 0. The maximum atomic E-state index is 15.0. The number of rotatable bonds is 4. The summed E-state index contributed by atoms with van der Waals surface area (Å²) in [5, 5.41) is 0. The molecule has 0 spiro atoms. The van der Waals surface area contributed by atoms with Crippen molar-refractivity contribution in [2.75, 3.05) is 0 Å². The van der Waals surface area contributed by atoms with E-state index in [1.54, 1.807) is 0 Å². The lowest BCUT2D eigenvalue weighted by Gasteiger charge is -2.42. The molecule has 0 saturated heterocycles. The van der Waals surface area contributed by atoms with Crippen LogP contribution < -0.4 is 4.74 Å². The number of allylic oxidation sites excluding steroid dienone is 2. The lowest BCUT2D eigenvalue weighted by Crippen LogP contribution is -2.30. The summed E-state index contributed by atoms with van der Waals surface area (Å²) in [4.78, 5) is 12.4. The van der Waals surface area contributed by atoms with Crippen molar-refractivity contribution in [3.63, 3.8) is 0 Å². The van der Waals surface area contributed by atoms with E-state index < -0.39 is 46.5 Å². The second-order valence-electron chi connectivity index (χ2n) is 9.51. The monoisotopic (exact) mass is 496 g/mol. The van der Waals surface area contributed by atoms with Gasteiger partial charge in [-0.2, -0.15) is 13.2 Å². The van der Waals surface area contributed by atoms with Crippen LogP contribution in [-0.2, 0) is 6.18 Å². The number of hydrogen-bond acceptors (Lipinski definition) is 2. The highest BCUT2D eigenvalue weighted by Gasteiger charge is 2.37. The van der Waals surface area contributed by atoms with E-state index in [4.69, 9.17) is 4.74 Å². The zero-order chi connectivity index (χ0) is 25.3. The third-order valence-corrected chi connectivity index (χ3v) is 7.30. The molecule has 188 valence electrons. The third kappa shape index (κ3) is 5.57. The van der Waals surface area contributed by atoms with Gasteiger partial charge < -0.3 is 4.74 Å². The van der Waals surface area contributed by atoms with Crippen molar-refractivity contribution in [1.29, 1.82) is 0 Å². The summed E-state index contributed by atoms with van der Waals surface area (Å²) in [5.74, 6) is -3.80. The van der Waals surface area contributed by atoms with Crippen LogP contribution >= 0.6 is 0 Å². The Kier molecular flexibility index (Phi) is 7.29. The largest absolute Gasteiger partial charge is 0.423 e. The number of ether oxygens (including phenoxy) is 1. The van der Waals surface area contributed by atoms with Crippen LogP contribution in [0.2, 0.25) is 0 Å². The van der Waals surface area contributed by atoms with Crippen LogP contribution in [0.5, 0.6) is 5.75 Å². The van der Waals surface area contributed by atoms with Gasteiger partial charge in [0, 0.05) is 11.6 Å². The van der Waals surface area contributed by atoms with Gasteiger partial charge in [-0.25, -0.2) is 18.0 Å². The Labute approximate surface area is 200 Å². The van der Waals surface area contributed by atoms with Gasteiger partial charge in [-0.15, -0.1) is 0 Å². The second-order valence-corrected chi connectivity index (χ2v) is 9.51. The maximum absolute atomic E-state index is 15.0. The van der Waals surface area contributed by atoms with Crippen molar-refractivity contribution in [2.45, 2.75) is 57.5 Å². The molecule has 2 aromatic rings. The van der Waals surface area contributed by atoms with Crippen LogP contribution in [-0.4, -0.2) is 5.97 Å². The number of halogens is 6. The number of alkyl halides is 3. The smallest absolute Gasteiger partial charge is 0.419 e. The van der Waals surface area contributed by atoms with Gasteiger partial charge in [0.2, 0.25) is 0 Å². The molecule has 35 heavy (non-hydrogen) atoms. The Morgan fingerprint density at radius 2 is 1.57 bits per heavy atom. The molecule has 0 aromatic heterocycles. The van der Waals surface area contributed by atoms with E-state index in [1.807, 2.05) is 6.92 Å². The quantitative estimate of drug-likeness (QED) is 0.185. The Balaban J connectivity index is 1.46. The van der Waals surface area contributed by atoms with Crippen LogP contribution in [0, 0.1) is 35.2 Å². The number of fused-ring (bicyclic) bond motifs is 1. The third-order valence-electron chi connectivity index (χ3n) is 7.30. The van der Waals surface area contributed by atoms with E-state index in [2.05, 4.69) is 12.2 Å². The van der Waals surface area contributed by atoms with E-state index in [0.29, 0.717) is 42.7 Å². The topological polar surface area (TPSA) is 26.3 Å². The Hall–Kier alpha value is -2.77. The summed E-state index contributed by atoms with van der Waals surface area (Å²) < 4.78 is 86.6. The predicted molar refractivity (Wildman–Crippen MR) is 118 cm³/mol. The molecule has 0 radical (unpaired) electrons. The van der Waals surface area contributed by atoms with Crippen molar-refractivity contribution < 1.29 is 35.9 Å². The van der Waals surface area contributed by atoms with Crippen LogP contribution in [0.25, 0.3) is 0 Å². The number of benzene rings is 2. The van der Waals surface area contributed by atoms with Crippen molar-refractivity contribution >= 4 is 5.97 Å². The summed E-state index contributed by atoms with van der Waals surface area (Å²) in [6.45, 7) is 2.01. The predicted octanol–water partition coefficient (Wildman–Crippen LogP) is 8.22. The van der Waals surface area contributed by atoms with Crippen molar-refractivity contribution in [1.82, 2.24) is 0 Å². The molecule has 2 nitrogen and oxygen atoms in total. The fraction of sp³-hybridized carbons (Fsp3) is 0.444. The molecular formula is C27H26F6O2. The molecule has 0 N–H and O–H groups in total. The lowest BCUT2D eigenvalue weighted by atomic mass is 9.63. The molecule has 2 aliphatic carbocycles. The summed E-state index contributed by atoms with van der Waals surface area (Å²) in [7, 11) is 0. The summed E-state index contributed by atoms with van der Waals surface area (Å²) in [5.41, 5.74) is -2.00. The number of esters is 1. The molecule has 2 saturated carbocycles. The first-order valence-corrected chi connectivity index (χ1v) is 11.8. The highest BCUT2D eigenvalue weighted by Crippen LogP contribution is 2.48. The van der Waals surface area contributed by atoms with E-state index in [1.165, 1.54) is 0 Å². The molecule has 4 atom stereocenters. The molecule has 2 fully saturated rings. The fourth-order valence-electron chi connectivity index (χ4n) is 5.68. The van der Waals surface area contributed by atoms with Crippen LogP contribution in [0.4, 0.5) is 26.3 Å². The minimum Gasteiger partial charge on any atom is -0.423 e. The molecule has 2 aliphatic rings. The molecule has 0 amide bonds. The minimum absolute atomic E-state index is 0.0452. The van der Waals surface area contributed by atoms with Gasteiger partial charge in [0.25, 0.3) is 0 Å². The summed E-state index contributed by atoms with van der Waals surface area (Å²) in [6.07, 6.45) is 4.84. The van der Waals surface area contributed by atoms with Gasteiger partial charge in [-0.3, -0.25) is 0 Å². The van der Waals surface area contributed by atoms with Gasteiger partial charge >= 0.3 is 12.1 Å². The lowest BCUT2D eigenvalue weighted by molar-refractivity contribution is -0.140. The first-order chi connectivity index (χ1) is 16.6. The van der Waals surface area contributed by atoms with E-state index in [-0.39, 0.29) is 11.5 Å². The van der Waals surface area contributed by atoms with Crippen LogP contribution in [0.15, 0.2) is 42.5 Å². The SMILES string of the molecule is C/C=C/C1CCC2CC(c3c(F)cc(C(=O)Oc4ccc(C(F)(F)F)c(F)c4)cc3F)CCC2C1. The van der Waals surface area contributed by atoms with Gasteiger partial charge in [-0.1, -0.05) is 12.2 Å². The van der Waals surface area contributed by atoms with E-state index in [9.17, 15) is 31.1 Å². The molecule has 8 heteroatoms. The van der Waals surface area contributed by atoms with Crippen molar-refractivity contribution in [3.05, 3.63) is 76.6 Å². The zero-order valence-corrected chi connectivity index (χ0v) is 19.2. The van der Waals surface area contributed by atoms with E-state index in [0.717, 1.165) is 43.9 Å². The molecule has 4 unspecified atom stereocenters. The standard InChI is InChI=1S/C27H26F6O2/c1-2-3-15-4-5-17-11-18(7-6-16(17)10-15)25-23(29)12-19(13-24(25)30)26(34)35-20-8-9-21(22(28)14-20)27(31,32)33/h2-3,8-9,12-18H,4-7,10-11H2,1H3/b3-2+. The molecule has 2 aromatic carbocycles.